The summed E-state index contributed by atoms with van der Waals surface area (Å²) >= 11 is 0. The number of hydrogen-bond donors (Lipinski definition) is 1. The molecule has 1 atom stereocenters. The molecule has 0 fully saturated rings. The second kappa shape index (κ2) is 3.89. The lowest BCUT2D eigenvalue weighted by molar-refractivity contribution is 0.120. The molecule has 1 heteroatoms. The van der Waals surface area contributed by atoms with Gasteiger partial charge in [0, 0.05) is 0 Å². The lowest BCUT2D eigenvalue weighted by Crippen LogP contribution is -2.42. The molecule has 0 aromatic heterocycles. The van der Waals surface area contributed by atoms with Crippen LogP contribution in [0, 0.1) is 17.8 Å². The van der Waals surface area contributed by atoms with Crippen molar-refractivity contribution < 1.29 is 5.11 Å². The Bertz CT molecular complexity index is 595. The zero-order valence-electron chi connectivity index (χ0n) is 13.8. The summed E-state index contributed by atoms with van der Waals surface area (Å²) in [4.78, 5) is 0. The average Bonchev–Trinajstić information content (AvgIpc) is 2.46. The van der Waals surface area contributed by atoms with Crippen molar-refractivity contribution in [3.8, 4) is 12.3 Å². The molecule has 0 saturated heterocycles. The van der Waals surface area contributed by atoms with E-state index in [9.17, 15) is 5.11 Å². The first-order valence-corrected chi connectivity index (χ1v) is 7.25. The smallest absolute Gasteiger partial charge is 0.147 e. The number of benzene rings is 1. The molecule has 1 aliphatic rings. The van der Waals surface area contributed by atoms with Gasteiger partial charge in [-0.25, -0.2) is 0 Å². The zero-order chi connectivity index (χ0) is 15.6. The molecule has 0 saturated carbocycles. The van der Waals surface area contributed by atoms with Crippen LogP contribution in [0.25, 0.3) is 0 Å². The van der Waals surface area contributed by atoms with E-state index in [2.05, 4.69) is 59.6 Å². The maximum absolute atomic E-state index is 10.3. The number of aliphatic hydroxyl groups is 1. The molecule has 20 heavy (non-hydrogen) atoms. The number of rotatable bonds is 1. The zero-order valence-corrected chi connectivity index (χ0v) is 13.8. The standard InChI is InChI=1S/C19H26O/c1-9-19(8,20)13-10-11-14-15(12-13)17(4,5)18(6,7)16(14,2)3/h1,10-12,20H,2-8H3. The van der Waals surface area contributed by atoms with Crippen molar-refractivity contribution >= 4 is 0 Å². The lowest BCUT2D eigenvalue weighted by Gasteiger charge is -2.44. The molecular formula is C19H26O. The van der Waals surface area contributed by atoms with Gasteiger partial charge < -0.3 is 5.11 Å². The van der Waals surface area contributed by atoms with Gasteiger partial charge in [0.25, 0.3) is 0 Å². The second-order valence-corrected chi connectivity index (χ2v) is 7.85. The fourth-order valence-corrected chi connectivity index (χ4v) is 3.45. The van der Waals surface area contributed by atoms with Crippen LogP contribution in [0.1, 0.15) is 65.2 Å². The topological polar surface area (TPSA) is 20.2 Å². The van der Waals surface area contributed by atoms with Crippen molar-refractivity contribution in [3.05, 3.63) is 34.9 Å². The molecule has 1 nitrogen and oxygen atoms in total. The molecule has 1 aromatic carbocycles. The van der Waals surface area contributed by atoms with Gasteiger partial charge in [0.05, 0.1) is 0 Å². The van der Waals surface area contributed by atoms with Gasteiger partial charge in [-0.3, -0.25) is 0 Å². The van der Waals surface area contributed by atoms with Gasteiger partial charge in [0.1, 0.15) is 5.60 Å². The molecule has 1 aliphatic carbocycles. The maximum Gasteiger partial charge on any atom is 0.147 e. The van der Waals surface area contributed by atoms with E-state index in [4.69, 9.17) is 6.42 Å². The van der Waals surface area contributed by atoms with Crippen LogP contribution in [0.3, 0.4) is 0 Å². The fraction of sp³-hybridized carbons (Fsp3) is 0.579. The lowest BCUT2D eigenvalue weighted by atomic mass is 9.59. The van der Waals surface area contributed by atoms with E-state index in [0.717, 1.165) is 5.56 Å². The van der Waals surface area contributed by atoms with Gasteiger partial charge in [0.15, 0.2) is 0 Å². The average molecular weight is 270 g/mol. The highest BCUT2D eigenvalue weighted by molar-refractivity contribution is 5.51. The first-order chi connectivity index (χ1) is 8.89. The van der Waals surface area contributed by atoms with E-state index in [1.165, 1.54) is 11.1 Å². The third-order valence-corrected chi connectivity index (χ3v) is 6.33. The first-order valence-electron chi connectivity index (χ1n) is 7.25. The van der Waals surface area contributed by atoms with E-state index in [1.54, 1.807) is 6.92 Å². The Labute approximate surface area is 123 Å². The Morgan fingerprint density at radius 3 is 2.00 bits per heavy atom. The van der Waals surface area contributed by atoms with Crippen molar-refractivity contribution in [2.24, 2.45) is 5.41 Å². The Morgan fingerprint density at radius 1 is 1.00 bits per heavy atom. The SMILES string of the molecule is C#CC(C)(O)c1ccc2c(c1)C(C)(C)C(C)(C)C2(C)C. The molecule has 1 N–H and O–H groups in total. The predicted molar refractivity (Wildman–Crippen MR) is 84.7 cm³/mol. The Kier molecular flexibility index (Phi) is 2.95. The van der Waals surface area contributed by atoms with E-state index in [-0.39, 0.29) is 16.2 Å². The van der Waals surface area contributed by atoms with Crippen LogP contribution in [-0.4, -0.2) is 5.11 Å². The van der Waals surface area contributed by atoms with Crippen molar-refractivity contribution in [3.63, 3.8) is 0 Å². The molecule has 0 amide bonds. The fourth-order valence-electron chi connectivity index (χ4n) is 3.45. The van der Waals surface area contributed by atoms with Crippen molar-refractivity contribution in [1.29, 1.82) is 0 Å². The number of hydrogen-bond acceptors (Lipinski definition) is 1. The summed E-state index contributed by atoms with van der Waals surface area (Å²) in [5.41, 5.74) is 2.52. The summed E-state index contributed by atoms with van der Waals surface area (Å²) < 4.78 is 0. The normalized spacial score (nSPS) is 24.6. The summed E-state index contributed by atoms with van der Waals surface area (Å²) in [5, 5.41) is 10.3. The van der Waals surface area contributed by atoms with Crippen molar-refractivity contribution in [2.45, 2.75) is 64.9 Å². The quantitative estimate of drug-likeness (QED) is 0.761. The molecule has 0 heterocycles. The first kappa shape index (κ1) is 15.1. The minimum atomic E-state index is -1.21. The highest BCUT2D eigenvalue weighted by Gasteiger charge is 2.56. The van der Waals surface area contributed by atoms with Crippen molar-refractivity contribution in [2.75, 3.05) is 0 Å². The van der Waals surface area contributed by atoms with E-state index >= 15 is 0 Å². The summed E-state index contributed by atoms with van der Waals surface area (Å²) in [6.07, 6.45) is 5.46. The third kappa shape index (κ3) is 1.61. The molecular weight excluding hydrogens is 244 g/mol. The van der Waals surface area contributed by atoms with Gasteiger partial charge in [0.2, 0.25) is 0 Å². The van der Waals surface area contributed by atoms with Gasteiger partial charge >= 0.3 is 0 Å². The monoisotopic (exact) mass is 270 g/mol. The van der Waals surface area contributed by atoms with E-state index in [1.807, 2.05) is 6.07 Å². The van der Waals surface area contributed by atoms with Gasteiger partial charge in [-0.2, -0.15) is 0 Å². The van der Waals surface area contributed by atoms with E-state index in [0.29, 0.717) is 0 Å². The molecule has 108 valence electrons. The van der Waals surface area contributed by atoms with Crippen LogP contribution < -0.4 is 0 Å². The molecule has 2 rings (SSSR count). The minimum absolute atomic E-state index is 0.0342. The van der Waals surface area contributed by atoms with Gasteiger partial charge in [-0.15, -0.1) is 6.42 Å². The van der Waals surface area contributed by atoms with Crippen LogP contribution in [-0.2, 0) is 16.4 Å². The van der Waals surface area contributed by atoms with Crippen LogP contribution in [0.4, 0.5) is 0 Å². The van der Waals surface area contributed by atoms with Gasteiger partial charge in [-0.1, -0.05) is 65.7 Å². The number of terminal acetylenes is 1. The van der Waals surface area contributed by atoms with Crippen LogP contribution in [0.2, 0.25) is 0 Å². The summed E-state index contributed by atoms with van der Waals surface area (Å²) in [5.74, 6) is 2.47. The molecule has 0 aliphatic heterocycles. The van der Waals surface area contributed by atoms with E-state index < -0.39 is 5.60 Å². The molecule has 0 bridgehead atoms. The second-order valence-electron chi connectivity index (χ2n) is 7.85. The largest absolute Gasteiger partial charge is 0.374 e. The Morgan fingerprint density at radius 2 is 1.50 bits per heavy atom. The highest BCUT2D eigenvalue weighted by atomic mass is 16.3. The predicted octanol–water partition coefficient (Wildman–Crippen LogP) is 4.12. The summed E-state index contributed by atoms with van der Waals surface area (Å²) in [7, 11) is 0. The van der Waals surface area contributed by atoms with Gasteiger partial charge in [-0.05, 0) is 39.9 Å². The molecule has 1 aromatic rings. The van der Waals surface area contributed by atoms with Crippen molar-refractivity contribution in [1.82, 2.24) is 0 Å². The van der Waals surface area contributed by atoms with Crippen LogP contribution >= 0.6 is 0 Å². The Balaban J connectivity index is 2.74. The third-order valence-electron chi connectivity index (χ3n) is 6.33. The minimum Gasteiger partial charge on any atom is -0.374 e. The summed E-state index contributed by atoms with van der Waals surface area (Å²) in [6, 6.07) is 6.22. The molecule has 0 radical (unpaired) electrons. The Hall–Kier alpha value is -1.26. The molecule has 1 unspecified atom stereocenters. The highest BCUT2D eigenvalue weighted by Crippen LogP contribution is 2.61. The summed E-state index contributed by atoms with van der Waals surface area (Å²) in [6.45, 7) is 15.5. The van der Waals surface area contributed by atoms with Crippen LogP contribution in [0.5, 0.6) is 0 Å². The van der Waals surface area contributed by atoms with Crippen LogP contribution in [0.15, 0.2) is 18.2 Å². The molecule has 0 spiro atoms. The number of fused-ring (bicyclic) bond motifs is 1. The maximum atomic E-state index is 10.3.